The minimum Gasteiger partial charge on any atom is -0.507 e. The van der Waals surface area contributed by atoms with Gasteiger partial charge in [0.2, 0.25) is 0 Å². The molecule has 9 heteroatoms. The highest BCUT2D eigenvalue weighted by atomic mass is 31.2. The number of hydrogen-bond acceptors (Lipinski definition) is 7. The zero-order valence-electron chi connectivity index (χ0n) is 24.5. The Labute approximate surface area is 233 Å². The second kappa shape index (κ2) is 14.7. The van der Waals surface area contributed by atoms with Gasteiger partial charge in [0, 0.05) is 11.5 Å². The third kappa shape index (κ3) is 8.97. The second-order valence-electron chi connectivity index (χ2n) is 10.7. The Morgan fingerprint density at radius 1 is 1.21 bits per heavy atom. The summed E-state index contributed by atoms with van der Waals surface area (Å²) < 4.78 is 30.6. The zero-order valence-corrected chi connectivity index (χ0v) is 25.4. The first-order valence-electron chi connectivity index (χ1n) is 14.0. The molecule has 0 spiro atoms. The Hall–Kier alpha value is -2.57. The largest absolute Gasteiger partial charge is 0.507 e. The number of hydrogen-bond donors (Lipinski definition) is 2. The van der Waals surface area contributed by atoms with Crippen molar-refractivity contribution in [3.8, 4) is 11.5 Å². The van der Waals surface area contributed by atoms with Crippen molar-refractivity contribution in [1.82, 2.24) is 5.09 Å². The van der Waals surface area contributed by atoms with Crippen LogP contribution in [0.5, 0.6) is 11.5 Å². The third-order valence-corrected chi connectivity index (χ3v) is 8.54. The first-order chi connectivity index (χ1) is 18.3. The van der Waals surface area contributed by atoms with E-state index in [0.717, 1.165) is 48.8 Å². The van der Waals surface area contributed by atoms with E-state index < -0.39 is 31.3 Å². The summed E-state index contributed by atoms with van der Waals surface area (Å²) in [5.74, 6) is -0.836. The van der Waals surface area contributed by atoms with Gasteiger partial charge in [0.05, 0.1) is 12.7 Å². The zero-order chi connectivity index (χ0) is 29.3. The summed E-state index contributed by atoms with van der Waals surface area (Å²) in [5, 5.41) is 13.9. The maximum absolute atomic E-state index is 14.2. The number of aryl methyl sites for hydroxylation is 1. The number of unbranched alkanes of at least 4 members (excludes halogenated alkanes) is 2. The van der Waals surface area contributed by atoms with Gasteiger partial charge in [-0.1, -0.05) is 43.6 Å². The first kappa shape index (κ1) is 32.6. The first-order valence-corrected chi connectivity index (χ1v) is 15.6. The Kier molecular flexibility index (Phi) is 12.3. The van der Waals surface area contributed by atoms with E-state index in [0.29, 0.717) is 12.0 Å². The molecule has 39 heavy (non-hydrogen) atoms. The van der Waals surface area contributed by atoms with Gasteiger partial charge in [0.1, 0.15) is 17.5 Å². The van der Waals surface area contributed by atoms with E-state index in [2.05, 4.69) is 24.7 Å². The van der Waals surface area contributed by atoms with Gasteiger partial charge < -0.3 is 19.1 Å². The smallest absolute Gasteiger partial charge is 0.424 e. The van der Waals surface area contributed by atoms with Crippen LogP contribution in [0.3, 0.4) is 0 Å². The lowest BCUT2D eigenvalue weighted by Crippen LogP contribution is -2.37. The Morgan fingerprint density at radius 2 is 1.90 bits per heavy atom. The summed E-state index contributed by atoms with van der Waals surface area (Å²) in [6.07, 6.45) is 6.87. The van der Waals surface area contributed by atoms with Crippen LogP contribution in [0.2, 0.25) is 0 Å². The highest BCUT2D eigenvalue weighted by molar-refractivity contribution is 7.74. The predicted molar refractivity (Wildman–Crippen MR) is 154 cm³/mol. The van der Waals surface area contributed by atoms with Crippen LogP contribution in [0.1, 0.15) is 97.6 Å². The topological polar surface area (TPSA) is 111 Å². The molecular weight excluding hydrogens is 517 g/mol. The predicted octanol–water partition coefficient (Wildman–Crippen LogP) is 7.80. The average molecular weight is 564 g/mol. The van der Waals surface area contributed by atoms with E-state index in [1.54, 1.807) is 32.9 Å². The fourth-order valence-electron chi connectivity index (χ4n) is 4.81. The average Bonchev–Trinajstić information content (AvgIpc) is 2.83. The number of phenolic OH excluding ortho intramolecular Hbond substituents is 1. The molecule has 0 aliphatic heterocycles. The molecule has 0 saturated heterocycles. The summed E-state index contributed by atoms with van der Waals surface area (Å²) in [7, 11) is -4.49. The highest BCUT2D eigenvalue weighted by Crippen LogP contribution is 2.53. The molecule has 1 unspecified atom stereocenters. The monoisotopic (exact) mass is 563 g/mol. The van der Waals surface area contributed by atoms with Crippen LogP contribution < -0.4 is 9.61 Å². The summed E-state index contributed by atoms with van der Waals surface area (Å²) in [4.78, 5) is 25.5. The quantitative estimate of drug-likeness (QED) is 0.102. The lowest BCUT2D eigenvalue weighted by molar-refractivity contribution is -0.144. The maximum atomic E-state index is 14.2. The van der Waals surface area contributed by atoms with Gasteiger partial charge in [-0.15, -0.1) is 0 Å². The summed E-state index contributed by atoms with van der Waals surface area (Å²) in [6, 6.07) is 2.35. The maximum Gasteiger partial charge on any atom is 0.424 e. The number of benzene rings is 1. The number of allylic oxidation sites excluding steroid dienone is 3. The minimum atomic E-state index is -4.49. The molecule has 0 amide bonds. The van der Waals surface area contributed by atoms with E-state index in [1.165, 1.54) is 6.92 Å². The van der Waals surface area contributed by atoms with Crippen molar-refractivity contribution in [2.24, 2.45) is 5.92 Å². The van der Waals surface area contributed by atoms with Gasteiger partial charge in [-0.25, -0.2) is 14.4 Å². The van der Waals surface area contributed by atoms with Crippen LogP contribution in [0, 0.1) is 5.92 Å². The molecule has 4 atom stereocenters. The molecule has 0 radical (unpaired) electrons. The van der Waals surface area contributed by atoms with Crippen LogP contribution in [0.4, 0.5) is 4.79 Å². The number of esters is 1. The Balaban J connectivity index is 2.68. The van der Waals surface area contributed by atoms with Gasteiger partial charge in [-0.05, 0) is 90.8 Å². The molecule has 1 aromatic rings. The SMILES string of the molecule is C=C(C)[C@@H]1CCC(C)=C[C@H]1c1c(O)cc(CCCCC)cc1OP(=O)(N[C@@H](C)C(=O)OCC)C(=O)OC(C)C. The van der Waals surface area contributed by atoms with Crippen molar-refractivity contribution in [1.29, 1.82) is 0 Å². The van der Waals surface area contributed by atoms with Crippen molar-refractivity contribution in [2.45, 2.75) is 105 Å². The molecule has 2 N–H and O–H groups in total. The van der Waals surface area contributed by atoms with Gasteiger partial charge >= 0.3 is 19.2 Å². The van der Waals surface area contributed by atoms with E-state index in [4.69, 9.17) is 14.0 Å². The van der Waals surface area contributed by atoms with E-state index in [-0.39, 0.29) is 29.9 Å². The van der Waals surface area contributed by atoms with Crippen LogP contribution in [0.25, 0.3) is 0 Å². The normalized spacial score (nSPS) is 19.5. The van der Waals surface area contributed by atoms with Gasteiger partial charge in [0.15, 0.2) is 0 Å². The molecule has 1 aliphatic rings. The number of ether oxygens (including phenoxy) is 2. The van der Waals surface area contributed by atoms with Crippen molar-refractivity contribution in [2.75, 3.05) is 6.61 Å². The lowest BCUT2D eigenvalue weighted by Gasteiger charge is -2.33. The molecule has 1 aromatic carbocycles. The van der Waals surface area contributed by atoms with Crippen LogP contribution in [0.15, 0.2) is 35.9 Å². The van der Waals surface area contributed by atoms with Crippen molar-refractivity contribution in [3.63, 3.8) is 0 Å². The number of phenols is 1. The fraction of sp³-hybridized carbons (Fsp3) is 0.600. The summed E-state index contributed by atoms with van der Waals surface area (Å²) >= 11 is 0. The molecule has 8 nitrogen and oxygen atoms in total. The molecule has 0 aromatic heterocycles. The minimum absolute atomic E-state index is 0.00316. The lowest BCUT2D eigenvalue weighted by atomic mass is 9.73. The number of carbonyl (C=O) groups excluding carboxylic acids is 2. The number of rotatable bonds is 14. The molecule has 0 bridgehead atoms. The molecule has 2 rings (SSSR count). The van der Waals surface area contributed by atoms with Gasteiger partial charge in [-0.3, -0.25) is 4.79 Å². The molecule has 218 valence electrons. The summed E-state index contributed by atoms with van der Waals surface area (Å²) in [6.45, 7) is 16.8. The van der Waals surface area contributed by atoms with Crippen LogP contribution in [-0.2, 0) is 25.3 Å². The van der Waals surface area contributed by atoms with Gasteiger partial charge in [-0.2, -0.15) is 0 Å². The highest BCUT2D eigenvalue weighted by Gasteiger charge is 2.42. The van der Waals surface area contributed by atoms with E-state index in [1.807, 2.05) is 13.8 Å². The molecular formula is C30H46NO7P. The number of carbonyl (C=O) groups is 2. The van der Waals surface area contributed by atoms with Crippen molar-refractivity contribution in [3.05, 3.63) is 47.1 Å². The Bertz CT molecular complexity index is 1110. The molecule has 0 fully saturated rings. The van der Waals surface area contributed by atoms with Crippen LogP contribution >= 0.6 is 7.52 Å². The second-order valence-corrected chi connectivity index (χ2v) is 12.6. The van der Waals surface area contributed by atoms with Crippen molar-refractivity contribution >= 4 is 19.2 Å². The number of aromatic hydroxyl groups is 1. The number of nitrogens with one attached hydrogen (secondary N) is 1. The summed E-state index contributed by atoms with van der Waals surface area (Å²) in [5.41, 5.74) is 2.24. The standard InChI is InChI=1S/C30H46NO7P/c1-9-11-12-13-23-17-26(32)28(25-16-21(7)14-15-24(25)19(3)4)27(18-23)38-39(35,30(34)37-20(5)6)31-22(8)29(33)36-10-2/h16-18,20,22,24-25,32H,3,9-15H2,1-2,4-8H3,(H,31,35)/t22-,24-,25+,39?/m0/s1. The van der Waals surface area contributed by atoms with E-state index in [9.17, 15) is 19.3 Å². The van der Waals surface area contributed by atoms with Crippen molar-refractivity contribution < 1.29 is 33.3 Å². The van der Waals surface area contributed by atoms with Crippen LogP contribution in [-0.4, -0.2) is 35.5 Å². The van der Waals surface area contributed by atoms with E-state index >= 15 is 0 Å². The molecule has 0 saturated carbocycles. The molecule has 1 aliphatic carbocycles. The third-order valence-electron chi connectivity index (χ3n) is 6.77. The van der Waals surface area contributed by atoms with Gasteiger partial charge in [0.25, 0.3) is 0 Å². The fourth-order valence-corrected chi connectivity index (χ4v) is 6.43. The Morgan fingerprint density at radius 3 is 2.49 bits per heavy atom. The molecule has 0 heterocycles.